The summed E-state index contributed by atoms with van der Waals surface area (Å²) in [6.45, 7) is 9.35. The second-order valence-electron chi connectivity index (χ2n) is 6.75. The summed E-state index contributed by atoms with van der Waals surface area (Å²) in [4.78, 5) is 0. The Kier molecular flexibility index (Phi) is 11.3. The van der Waals surface area contributed by atoms with Crippen molar-refractivity contribution in [3.63, 3.8) is 0 Å². The first kappa shape index (κ1) is 20.0. The number of hydrogen-bond acceptors (Lipinski definition) is 1. The van der Waals surface area contributed by atoms with Crippen LogP contribution in [-0.4, -0.2) is 27.2 Å². The average Bonchev–Trinajstić information content (AvgIpc) is 2.34. The second kappa shape index (κ2) is 10.7. The van der Waals surface area contributed by atoms with Gasteiger partial charge in [-0.05, 0) is 0 Å². The van der Waals surface area contributed by atoms with Crippen molar-refractivity contribution in [1.29, 1.82) is 0 Å². The van der Waals surface area contributed by atoms with Crippen LogP contribution in [0.4, 0.5) is 0 Å². The molecular formula is C16H38Ge2O. The van der Waals surface area contributed by atoms with Crippen LogP contribution in [0.15, 0.2) is 0 Å². The van der Waals surface area contributed by atoms with Gasteiger partial charge in [0.25, 0.3) is 0 Å². The van der Waals surface area contributed by atoms with Crippen molar-refractivity contribution in [3.8, 4) is 0 Å². The van der Waals surface area contributed by atoms with E-state index < -0.39 is 27.2 Å². The van der Waals surface area contributed by atoms with E-state index in [1.807, 2.05) is 0 Å². The van der Waals surface area contributed by atoms with Gasteiger partial charge in [0.05, 0.1) is 0 Å². The van der Waals surface area contributed by atoms with Crippen LogP contribution in [0.25, 0.3) is 0 Å². The molecule has 3 heteroatoms. The summed E-state index contributed by atoms with van der Waals surface area (Å²) in [5.74, 6) is 5.04. The fourth-order valence-electron chi connectivity index (χ4n) is 3.18. The summed E-state index contributed by atoms with van der Waals surface area (Å²) in [6.07, 6.45) is 8.15. The van der Waals surface area contributed by atoms with E-state index in [1.165, 1.54) is 59.5 Å². The molecule has 0 aromatic carbocycles. The summed E-state index contributed by atoms with van der Waals surface area (Å²) < 4.78 is 7.09. The minimum absolute atomic E-state index is 1.33. The van der Waals surface area contributed by atoms with Crippen LogP contribution >= 0.6 is 0 Å². The van der Waals surface area contributed by atoms with Crippen LogP contribution in [0.2, 0.25) is 32.5 Å². The topological polar surface area (TPSA) is 9.23 Å². The molecule has 0 aliphatic rings. The summed E-state index contributed by atoms with van der Waals surface area (Å²) in [5, 5.41) is 5.80. The molecule has 19 heavy (non-hydrogen) atoms. The summed E-state index contributed by atoms with van der Waals surface area (Å²) in [6, 6.07) is 0. The average molecular weight is 392 g/mol. The molecule has 0 bridgehead atoms. The number of unbranched alkanes of at least 4 members (excludes halogenated alkanes) is 2. The Balaban J connectivity index is 4.76. The summed E-state index contributed by atoms with van der Waals surface area (Å²) in [7, 11) is 0. The molecule has 0 aromatic heterocycles. The number of rotatable bonds is 12. The van der Waals surface area contributed by atoms with Gasteiger partial charge in [-0.15, -0.1) is 0 Å². The molecule has 0 fully saturated rings. The third-order valence-electron chi connectivity index (χ3n) is 4.02. The van der Waals surface area contributed by atoms with Gasteiger partial charge >= 0.3 is 129 Å². The summed E-state index contributed by atoms with van der Waals surface area (Å²) in [5.41, 5.74) is 0. The monoisotopic (exact) mass is 394 g/mol. The van der Waals surface area contributed by atoms with Crippen molar-refractivity contribution in [1.82, 2.24) is 0 Å². The fourth-order valence-corrected chi connectivity index (χ4v) is 33.7. The van der Waals surface area contributed by atoms with E-state index in [0.717, 1.165) is 0 Å². The Morgan fingerprint density at radius 2 is 1.11 bits per heavy atom. The molecule has 1 nitrogen and oxygen atoms in total. The van der Waals surface area contributed by atoms with Gasteiger partial charge in [0, 0.05) is 0 Å². The molecule has 0 atom stereocenters. The zero-order valence-corrected chi connectivity index (χ0v) is 18.7. The van der Waals surface area contributed by atoms with Gasteiger partial charge in [0.1, 0.15) is 0 Å². The van der Waals surface area contributed by atoms with Gasteiger partial charge < -0.3 is 0 Å². The van der Waals surface area contributed by atoms with Crippen molar-refractivity contribution in [2.45, 2.75) is 98.7 Å². The van der Waals surface area contributed by atoms with Gasteiger partial charge in [-0.1, -0.05) is 0 Å². The normalized spacial score (nSPS) is 12.9. The molecule has 116 valence electrons. The summed E-state index contributed by atoms with van der Waals surface area (Å²) >= 11 is -3.92. The van der Waals surface area contributed by atoms with E-state index in [4.69, 9.17) is 2.79 Å². The van der Waals surface area contributed by atoms with Gasteiger partial charge in [-0.2, -0.15) is 0 Å². The standard InChI is InChI=1S/C16H38Ge2O/c1-7-11-15-17(5,6)19-18(13-9-3,14-10-4)16-12-8-2/h7-16H2,1-6H3. The molecular weight excluding hydrogens is 353 g/mol. The SMILES string of the molecule is CCC[CH2][Ge]([CH3])([CH3])[O][Ge]([CH2]CC)([CH2]CC)[CH2]CCC. The molecule has 0 amide bonds. The predicted molar refractivity (Wildman–Crippen MR) is 93.9 cm³/mol. The first-order chi connectivity index (χ1) is 8.95. The molecule has 0 unspecified atom stereocenters. The minimum atomic E-state index is -1.99. The van der Waals surface area contributed by atoms with Gasteiger partial charge in [0.2, 0.25) is 0 Å². The Morgan fingerprint density at radius 1 is 0.632 bits per heavy atom. The van der Waals surface area contributed by atoms with Crippen molar-refractivity contribution in [2.24, 2.45) is 0 Å². The fraction of sp³-hybridized carbons (Fsp3) is 1.00. The van der Waals surface area contributed by atoms with Crippen LogP contribution in [0.5, 0.6) is 0 Å². The van der Waals surface area contributed by atoms with Crippen molar-refractivity contribution < 1.29 is 2.79 Å². The van der Waals surface area contributed by atoms with E-state index in [1.54, 1.807) is 0 Å². The molecule has 0 saturated carbocycles. The Bertz CT molecular complexity index is 211. The molecule has 0 rings (SSSR count). The van der Waals surface area contributed by atoms with E-state index in [2.05, 4.69) is 39.2 Å². The third-order valence-corrected chi connectivity index (χ3v) is 28.7. The van der Waals surface area contributed by atoms with E-state index in [9.17, 15) is 0 Å². The molecule has 0 saturated heterocycles. The van der Waals surface area contributed by atoms with E-state index >= 15 is 0 Å². The first-order valence-electron chi connectivity index (χ1n) is 8.65. The predicted octanol–water partition coefficient (Wildman–Crippen LogP) is 6.57. The maximum atomic E-state index is 7.09. The first-order valence-corrected chi connectivity index (χ1v) is 20.5. The van der Waals surface area contributed by atoms with Gasteiger partial charge in [-0.25, -0.2) is 0 Å². The van der Waals surface area contributed by atoms with Crippen LogP contribution < -0.4 is 0 Å². The second-order valence-corrected chi connectivity index (χ2v) is 25.9. The van der Waals surface area contributed by atoms with Crippen LogP contribution in [-0.2, 0) is 2.79 Å². The zero-order valence-electron chi connectivity index (χ0n) is 14.5. The number of hydrogen-bond donors (Lipinski definition) is 0. The molecule has 0 radical (unpaired) electrons. The third kappa shape index (κ3) is 8.82. The quantitative estimate of drug-likeness (QED) is 0.342. The van der Waals surface area contributed by atoms with Crippen LogP contribution in [0.1, 0.15) is 66.2 Å². The molecule has 0 N–H and O–H groups in total. The van der Waals surface area contributed by atoms with E-state index in [0.29, 0.717) is 0 Å². The van der Waals surface area contributed by atoms with Crippen molar-refractivity contribution in [2.75, 3.05) is 0 Å². The van der Waals surface area contributed by atoms with Crippen LogP contribution in [0.3, 0.4) is 0 Å². The van der Waals surface area contributed by atoms with Crippen LogP contribution in [0, 0.1) is 0 Å². The Morgan fingerprint density at radius 3 is 1.53 bits per heavy atom. The molecule has 0 aliphatic carbocycles. The molecule has 0 aromatic rings. The zero-order chi connectivity index (χ0) is 14.8. The Hall–Kier alpha value is 1.05. The molecule has 0 heterocycles. The maximum absolute atomic E-state index is 7.09. The van der Waals surface area contributed by atoms with Crippen molar-refractivity contribution >= 4 is 27.2 Å². The van der Waals surface area contributed by atoms with E-state index in [-0.39, 0.29) is 0 Å². The van der Waals surface area contributed by atoms with Gasteiger partial charge in [-0.3, -0.25) is 0 Å². The molecule has 0 spiro atoms. The Labute approximate surface area is 128 Å². The molecule has 0 aliphatic heterocycles. The van der Waals surface area contributed by atoms with Gasteiger partial charge in [0.15, 0.2) is 0 Å². The van der Waals surface area contributed by atoms with Crippen molar-refractivity contribution in [3.05, 3.63) is 0 Å².